The van der Waals surface area contributed by atoms with Crippen molar-refractivity contribution in [3.8, 4) is 11.5 Å². The molecular formula is C6H2I2O2-. The Kier molecular flexibility index (Phi) is 2.61. The molecule has 53 valence electrons. The van der Waals surface area contributed by atoms with Gasteiger partial charge in [-0.05, 0) is 51.2 Å². The van der Waals surface area contributed by atoms with Gasteiger partial charge in [-0.25, -0.2) is 0 Å². The van der Waals surface area contributed by atoms with E-state index in [1.54, 1.807) is 6.07 Å². The van der Waals surface area contributed by atoms with Crippen molar-refractivity contribution in [1.29, 1.82) is 0 Å². The molecule has 1 aromatic carbocycles. The van der Waals surface area contributed by atoms with Crippen molar-refractivity contribution in [3.05, 3.63) is 19.3 Å². The van der Waals surface area contributed by atoms with E-state index >= 15 is 0 Å². The van der Waals surface area contributed by atoms with Crippen molar-refractivity contribution < 1.29 is 10.2 Å². The summed E-state index contributed by atoms with van der Waals surface area (Å²) in [7, 11) is 0. The topological polar surface area (TPSA) is 43.0 Å². The van der Waals surface area contributed by atoms with Crippen LogP contribution < -0.4 is 5.11 Å². The molecule has 0 saturated carbocycles. The van der Waals surface area contributed by atoms with Crippen LogP contribution in [0.4, 0.5) is 0 Å². The summed E-state index contributed by atoms with van der Waals surface area (Å²) in [6.45, 7) is 0. The zero-order valence-corrected chi connectivity index (χ0v) is 9.04. The quantitative estimate of drug-likeness (QED) is 0.654. The lowest BCUT2D eigenvalue weighted by atomic mass is 10.3. The number of hydrogen-bond acceptors (Lipinski definition) is 1. The minimum atomic E-state index is -0.420. The largest absolute Gasteiger partial charge is 0.870 e. The van der Waals surface area contributed by atoms with Crippen molar-refractivity contribution in [1.82, 2.24) is 0 Å². The van der Waals surface area contributed by atoms with E-state index in [-0.39, 0.29) is 0 Å². The molecule has 0 N–H and O–H groups in total. The molecule has 4 heteroatoms. The first-order valence-corrected chi connectivity index (χ1v) is 4.60. The summed E-state index contributed by atoms with van der Waals surface area (Å²) in [6, 6.07) is 3.02. The second kappa shape index (κ2) is 3.12. The summed E-state index contributed by atoms with van der Waals surface area (Å²) in [5.74, 6) is -0.822. The lowest BCUT2D eigenvalue weighted by Crippen LogP contribution is -1.91. The number of benzene rings is 1. The highest BCUT2D eigenvalue weighted by atomic mass is 127. The van der Waals surface area contributed by atoms with Gasteiger partial charge in [-0.3, -0.25) is 5.11 Å². The summed E-state index contributed by atoms with van der Waals surface area (Å²) in [5.41, 5.74) is 0. The van der Waals surface area contributed by atoms with Gasteiger partial charge >= 0.3 is 0 Å². The molecule has 0 aliphatic rings. The number of halogens is 2. The van der Waals surface area contributed by atoms with Crippen LogP contribution in [-0.2, 0) is 5.11 Å². The third-order valence-electron chi connectivity index (χ3n) is 0.974. The normalized spacial score (nSPS) is 9.80. The zero-order valence-electron chi connectivity index (χ0n) is 4.73. The molecule has 0 atom stereocenters. The van der Waals surface area contributed by atoms with Crippen molar-refractivity contribution in [3.63, 3.8) is 0 Å². The average molecular weight is 360 g/mol. The smallest absolute Gasteiger partial charge is 0.184 e. The SMILES string of the molecule is [O]c1c([O-])cc(I)cc1I. The minimum Gasteiger partial charge on any atom is -0.870 e. The van der Waals surface area contributed by atoms with Gasteiger partial charge in [0.15, 0.2) is 5.75 Å². The van der Waals surface area contributed by atoms with Gasteiger partial charge in [0.25, 0.3) is 0 Å². The number of rotatable bonds is 0. The monoisotopic (exact) mass is 360 g/mol. The Balaban J connectivity index is 3.31. The molecule has 0 amide bonds. The zero-order chi connectivity index (χ0) is 7.72. The van der Waals surface area contributed by atoms with Gasteiger partial charge in [0.1, 0.15) is 0 Å². The Morgan fingerprint density at radius 3 is 2.40 bits per heavy atom. The molecule has 1 rings (SSSR count). The van der Waals surface area contributed by atoms with Crippen LogP contribution in [0.15, 0.2) is 12.1 Å². The maximum Gasteiger partial charge on any atom is 0.184 e. The van der Waals surface area contributed by atoms with E-state index in [1.165, 1.54) is 6.07 Å². The van der Waals surface area contributed by atoms with Crippen molar-refractivity contribution >= 4 is 45.2 Å². The first-order valence-electron chi connectivity index (χ1n) is 2.44. The highest BCUT2D eigenvalue weighted by molar-refractivity contribution is 14.1. The van der Waals surface area contributed by atoms with E-state index < -0.39 is 11.5 Å². The van der Waals surface area contributed by atoms with Gasteiger partial charge in [0.05, 0.1) is 3.57 Å². The second-order valence-electron chi connectivity index (χ2n) is 1.71. The van der Waals surface area contributed by atoms with E-state index in [0.29, 0.717) is 3.57 Å². The Morgan fingerprint density at radius 2 is 1.90 bits per heavy atom. The third kappa shape index (κ3) is 1.66. The van der Waals surface area contributed by atoms with Crippen LogP contribution in [0.3, 0.4) is 0 Å². The molecular weight excluding hydrogens is 358 g/mol. The van der Waals surface area contributed by atoms with Gasteiger partial charge in [-0.15, -0.1) is 0 Å². The summed E-state index contributed by atoms with van der Waals surface area (Å²) in [4.78, 5) is 0. The maximum atomic E-state index is 10.8. The van der Waals surface area contributed by atoms with Gasteiger partial charge in [0.2, 0.25) is 0 Å². The van der Waals surface area contributed by atoms with E-state index in [2.05, 4.69) is 0 Å². The molecule has 10 heavy (non-hydrogen) atoms. The van der Waals surface area contributed by atoms with Crippen LogP contribution in [0.1, 0.15) is 0 Å². The Hall–Kier alpha value is 0.280. The summed E-state index contributed by atoms with van der Waals surface area (Å²) < 4.78 is 1.31. The lowest BCUT2D eigenvalue weighted by molar-refractivity contribution is -0.271. The first kappa shape index (κ1) is 8.38. The van der Waals surface area contributed by atoms with Crippen LogP contribution in [0.25, 0.3) is 0 Å². The second-order valence-corrected chi connectivity index (χ2v) is 4.12. The molecule has 2 nitrogen and oxygen atoms in total. The molecule has 0 bridgehead atoms. The van der Waals surface area contributed by atoms with Crippen LogP contribution in [0.2, 0.25) is 0 Å². The molecule has 0 fully saturated rings. The summed E-state index contributed by atoms with van der Waals surface area (Å²) >= 11 is 3.86. The van der Waals surface area contributed by atoms with Gasteiger partial charge in [0, 0.05) is 3.57 Å². The van der Waals surface area contributed by atoms with E-state index in [9.17, 15) is 10.2 Å². The minimum absolute atomic E-state index is 0.402. The molecule has 1 radical (unpaired) electrons. The molecule has 0 heterocycles. The first-order chi connectivity index (χ1) is 4.61. The van der Waals surface area contributed by atoms with Crippen LogP contribution in [0.5, 0.6) is 11.5 Å². The maximum absolute atomic E-state index is 10.8. The fraction of sp³-hybridized carbons (Fsp3) is 0. The van der Waals surface area contributed by atoms with Gasteiger partial charge in [-0.1, -0.05) is 11.8 Å². The van der Waals surface area contributed by atoms with Crippen molar-refractivity contribution in [2.24, 2.45) is 0 Å². The van der Waals surface area contributed by atoms with Crippen molar-refractivity contribution in [2.75, 3.05) is 0 Å². The van der Waals surface area contributed by atoms with Crippen LogP contribution >= 0.6 is 45.2 Å². The van der Waals surface area contributed by atoms with E-state index in [4.69, 9.17) is 0 Å². The standard InChI is InChI=1S/C6H3I2O2/c7-3-1-4(8)6(10)5(9)2-3/h1-2,9H/p-1. The lowest BCUT2D eigenvalue weighted by Gasteiger charge is -2.07. The molecule has 0 spiro atoms. The van der Waals surface area contributed by atoms with Crippen LogP contribution in [0, 0.1) is 7.14 Å². The number of hydrogen-bond donors (Lipinski definition) is 0. The highest BCUT2D eigenvalue weighted by Crippen LogP contribution is 2.30. The van der Waals surface area contributed by atoms with Gasteiger partial charge in [-0.2, -0.15) is 0 Å². The molecule has 0 aliphatic carbocycles. The fourth-order valence-electron chi connectivity index (χ4n) is 0.537. The van der Waals surface area contributed by atoms with E-state index in [0.717, 1.165) is 3.57 Å². The Bertz CT molecular complexity index is 237. The highest BCUT2D eigenvalue weighted by Gasteiger charge is 2.00. The molecule has 0 aliphatic heterocycles. The molecule has 0 saturated heterocycles. The Labute approximate surface area is 85.5 Å². The van der Waals surface area contributed by atoms with Gasteiger partial charge < -0.3 is 5.11 Å². The van der Waals surface area contributed by atoms with Crippen molar-refractivity contribution in [2.45, 2.75) is 0 Å². The van der Waals surface area contributed by atoms with E-state index in [1.807, 2.05) is 45.2 Å². The summed E-state index contributed by atoms with van der Waals surface area (Å²) in [6.07, 6.45) is 0. The Morgan fingerprint density at radius 1 is 1.30 bits per heavy atom. The predicted octanol–water partition coefficient (Wildman–Crippen LogP) is 2.11. The molecule has 0 unspecified atom stereocenters. The average Bonchev–Trinajstić information content (AvgIpc) is 1.82. The molecule has 0 aromatic heterocycles. The predicted molar refractivity (Wildman–Crippen MR) is 51.5 cm³/mol. The molecule has 1 aromatic rings. The fourth-order valence-corrected chi connectivity index (χ4v) is 2.33. The third-order valence-corrected chi connectivity index (χ3v) is 2.40. The summed E-state index contributed by atoms with van der Waals surface area (Å²) in [5, 5.41) is 21.5. The van der Waals surface area contributed by atoms with Crippen LogP contribution in [-0.4, -0.2) is 0 Å².